The lowest BCUT2D eigenvalue weighted by atomic mass is 9.82. The van der Waals surface area contributed by atoms with Crippen molar-refractivity contribution in [2.45, 2.75) is 82.6 Å². The number of amides is 2. The molecular formula is C21H31N3O2S. The number of hydrogen-bond donors (Lipinski definition) is 1. The quantitative estimate of drug-likeness (QED) is 0.825. The summed E-state index contributed by atoms with van der Waals surface area (Å²) >= 11 is 1.61. The Balaban J connectivity index is 1.34. The highest BCUT2D eigenvalue weighted by atomic mass is 32.1. The van der Waals surface area contributed by atoms with Crippen LogP contribution in [-0.2, 0) is 4.79 Å². The third-order valence-electron chi connectivity index (χ3n) is 6.79. The Hall–Kier alpha value is -1.43. The van der Waals surface area contributed by atoms with E-state index in [0.717, 1.165) is 43.8 Å². The number of carbonyl (C=O) groups is 2. The molecule has 1 N–H and O–H groups in total. The van der Waals surface area contributed by atoms with E-state index in [1.54, 1.807) is 11.3 Å². The topological polar surface area (TPSA) is 62.3 Å². The lowest BCUT2D eigenvalue weighted by Gasteiger charge is -2.31. The Morgan fingerprint density at radius 2 is 1.89 bits per heavy atom. The predicted molar refractivity (Wildman–Crippen MR) is 107 cm³/mol. The lowest BCUT2D eigenvalue weighted by Crippen LogP contribution is -2.43. The van der Waals surface area contributed by atoms with E-state index in [1.165, 1.54) is 32.1 Å². The summed E-state index contributed by atoms with van der Waals surface area (Å²) in [6, 6.07) is 0. The van der Waals surface area contributed by atoms with Crippen LogP contribution in [0, 0.1) is 5.92 Å². The minimum Gasteiger partial charge on any atom is -0.345 e. The van der Waals surface area contributed by atoms with E-state index in [0.29, 0.717) is 24.0 Å². The second-order valence-corrected chi connectivity index (χ2v) is 9.41. The zero-order valence-electron chi connectivity index (χ0n) is 16.3. The molecule has 0 unspecified atom stereocenters. The van der Waals surface area contributed by atoms with Gasteiger partial charge in [-0.2, -0.15) is 0 Å². The Morgan fingerprint density at radius 1 is 1.19 bits per heavy atom. The Kier molecular flexibility index (Phi) is 5.53. The van der Waals surface area contributed by atoms with Crippen LogP contribution >= 0.6 is 11.3 Å². The van der Waals surface area contributed by atoms with Crippen LogP contribution in [0.4, 0.5) is 0 Å². The summed E-state index contributed by atoms with van der Waals surface area (Å²) in [5.74, 6) is 1.30. The van der Waals surface area contributed by atoms with Gasteiger partial charge in [-0.15, -0.1) is 11.3 Å². The van der Waals surface area contributed by atoms with E-state index in [2.05, 4.69) is 10.3 Å². The van der Waals surface area contributed by atoms with Crippen LogP contribution in [-0.4, -0.2) is 40.3 Å². The number of likely N-dealkylation sites (tertiary alicyclic amines) is 1. The lowest BCUT2D eigenvalue weighted by molar-refractivity contribution is -0.131. The van der Waals surface area contributed by atoms with Gasteiger partial charge in [0.2, 0.25) is 5.91 Å². The molecule has 5 nitrogen and oxygen atoms in total. The van der Waals surface area contributed by atoms with Crippen molar-refractivity contribution in [2.75, 3.05) is 13.1 Å². The molecule has 3 fully saturated rings. The minimum absolute atomic E-state index is 0.0131. The Labute approximate surface area is 165 Å². The SMILES string of the molecule is CCC(=O)N1CCC(c2nc(C(=O)NC3(C4CCCCC4)CC3)cs2)CC1. The van der Waals surface area contributed by atoms with Crippen molar-refractivity contribution >= 4 is 23.2 Å². The molecule has 0 radical (unpaired) electrons. The zero-order valence-corrected chi connectivity index (χ0v) is 17.2. The van der Waals surface area contributed by atoms with Gasteiger partial charge in [0, 0.05) is 36.3 Å². The molecule has 1 aromatic rings. The molecule has 0 spiro atoms. The summed E-state index contributed by atoms with van der Waals surface area (Å²) < 4.78 is 0. The third kappa shape index (κ3) is 4.05. The van der Waals surface area contributed by atoms with Crippen LogP contribution in [0.5, 0.6) is 0 Å². The molecule has 1 aromatic heterocycles. The van der Waals surface area contributed by atoms with Crippen LogP contribution in [0.15, 0.2) is 5.38 Å². The highest BCUT2D eigenvalue weighted by Gasteiger charge is 2.50. The van der Waals surface area contributed by atoms with Crippen molar-refractivity contribution in [3.63, 3.8) is 0 Å². The number of carbonyl (C=O) groups excluding carboxylic acids is 2. The first-order valence-electron chi connectivity index (χ1n) is 10.7. The van der Waals surface area contributed by atoms with E-state index in [4.69, 9.17) is 0 Å². The molecule has 1 aliphatic heterocycles. The van der Waals surface area contributed by atoms with Crippen molar-refractivity contribution in [1.82, 2.24) is 15.2 Å². The number of piperidine rings is 1. The van der Waals surface area contributed by atoms with Crippen LogP contribution in [0.3, 0.4) is 0 Å². The normalized spacial score (nSPS) is 23.2. The summed E-state index contributed by atoms with van der Waals surface area (Å²) in [7, 11) is 0. The summed E-state index contributed by atoms with van der Waals surface area (Å²) in [6.45, 7) is 3.53. The number of thiazole rings is 1. The van der Waals surface area contributed by atoms with Gasteiger partial charge in [0.1, 0.15) is 5.69 Å². The van der Waals surface area contributed by atoms with E-state index in [9.17, 15) is 9.59 Å². The molecule has 2 amide bonds. The molecule has 0 atom stereocenters. The molecule has 4 rings (SSSR count). The Morgan fingerprint density at radius 3 is 2.52 bits per heavy atom. The fraction of sp³-hybridized carbons (Fsp3) is 0.762. The average molecular weight is 390 g/mol. The standard InChI is InChI=1S/C21H31N3O2S/c1-2-18(25)24-12-8-15(9-13-24)20-22-17(14-27-20)19(26)23-21(10-11-21)16-6-4-3-5-7-16/h14-16H,2-13H2,1H3,(H,23,26). The molecule has 1 saturated heterocycles. The van der Waals surface area contributed by atoms with Gasteiger partial charge in [-0.25, -0.2) is 4.98 Å². The van der Waals surface area contributed by atoms with Gasteiger partial charge < -0.3 is 10.2 Å². The van der Waals surface area contributed by atoms with Gasteiger partial charge in [-0.1, -0.05) is 26.2 Å². The number of nitrogens with zero attached hydrogens (tertiary/aromatic N) is 2. The first kappa shape index (κ1) is 18.9. The van der Waals surface area contributed by atoms with E-state index < -0.39 is 0 Å². The second kappa shape index (κ2) is 7.90. The molecular weight excluding hydrogens is 358 g/mol. The highest BCUT2D eigenvalue weighted by Crippen LogP contribution is 2.48. The summed E-state index contributed by atoms with van der Waals surface area (Å²) in [6.07, 6.45) is 11.2. The van der Waals surface area contributed by atoms with Crippen LogP contribution < -0.4 is 5.32 Å². The van der Waals surface area contributed by atoms with Crippen LogP contribution in [0.1, 0.15) is 92.5 Å². The van der Waals surface area contributed by atoms with Crippen molar-refractivity contribution in [2.24, 2.45) is 5.92 Å². The monoisotopic (exact) mass is 389 g/mol. The van der Waals surface area contributed by atoms with Crippen molar-refractivity contribution in [3.05, 3.63) is 16.1 Å². The first-order valence-corrected chi connectivity index (χ1v) is 11.5. The Bertz CT molecular complexity index is 683. The van der Waals surface area contributed by atoms with Gasteiger partial charge in [0.25, 0.3) is 5.91 Å². The molecule has 0 aromatic carbocycles. The minimum atomic E-state index is 0.0131. The summed E-state index contributed by atoms with van der Waals surface area (Å²) in [4.78, 5) is 31.3. The van der Waals surface area contributed by atoms with Crippen LogP contribution in [0.2, 0.25) is 0 Å². The van der Waals surface area contributed by atoms with Crippen molar-refractivity contribution < 1.29 is 9.59 Å². The molecule has 2 heterocycles. The van der Waals surface area contributed by atoms with Crippen molar-refractivity contribution in [3.8, 4) is 0 Å². The smallest absolute Gasteiger partial charge is 0.271 e. The zero-order chi connectivity index (χ0) is 18.9. The molecule has 2 saturated carbocycles. The highest BCUT2D eigenvalue weighted by molar-refractivity contribution is 7.09. The van der Waals surface area contributed by atoms with Gasteiger partial charge in [0.15, 0.2) is 0 Å². The van der Waals surface area contributed by atoms with Gasteiger partial charge in [0.05, 0.1) is 5.01 Å². The van der Waals surface area contributed by atoms with E-state index >= 15 is 0 Å². The molecule has 148 valence electrons. The number of hydrogen-bond acceptors (Lipinski definition) is 4. The summed E-state index contributed by atoms with van der Waals surface area (Å²) in [5, 5.41) is 6.33. The largest absolute Gasteiger partial charge is 0.345 e. The average Bonchev–Trinajstić information content (AvgIpc) is 3.33. The van der Waals surface area contributed by atoms with E-state index in [-0.39, 0.29) is 17.4 Å². The van der Waals surface area contributed by atoms with Gasteiger partial charge >= 0.3 is 0 Å². The molecule has 2 aliphatic carbocycles. The third-order valence-corrected chi connectivity index (χ3v) is 7.80. The maximum Gasteiger partial charge on any atom is 0.271 e. The molecule has 3 aliphatic rings. The maximum atomic E-state index is 12.8. The summed E-state index contributed by atoms with van der Waals surface area (Å²) in [5.41, 5.74) is 0.650. The van der Waals surface area contributed by atoms with E-state index in [1.807, 2.05) is 17.2 Å². The maximum absolute atomic E-state index is 12.8. The first-order chi connectivity index (χ1) is 13.1. The number of aromatic nitrogens is 1. The number of nitrogens with one attached hydrogen (secondary N) is 1. The predicted octanol–water partition coefficient (Wildman–Crippen LogP) is 4.10. The second-order valence-electron chi connectivity index (χ2n) is 8.52. The fourth-order valence-corrected chi connectivity index (χ4v) is 5.87. The van der Waals surface area contributed by atoms with Crippen LogP contribution in [0.25, 0.3) is 0 Å². The molecule has 6 heteroatoms. The van der Waals surface area contributed by atoms with Gasteiger partial charge in [-0.05, 0) is 44.4 Å². The van der Waals surface area contributed by atoms with Gasteiger partial charge in [-0.3, -0.25) is 9.59 Å². The molecule has 0 bridgehead atoms. The van der Waals surface area contributed by atoms with Crippen molar-refractivity contribution in [1.29, 1.82) is 0 Å². The number of rotatable bonds is 5. The fourth-order valence-electron chi connectivity index (χ4n) is 4.89. The molecule has 27 heavy (non-hydrogen) atoms.